The van der Waals surface area contributed by atoms with Crippen LogP contribution in [0.3, 0.4) is 0 Å². The number of carboxylic acids is 1. The number of aryl methyl sites for hydroxylation is 1. The fraction of sp³-hybridized carbons (Fsp3) is 0.467. The molecule has 1 unspecified atom stereocenters. The van der Waals surface area contributed by atoms with Crippen molar-refractivity contribution in [3.05, 3.63) is 28.8 Å². The van der Waals surface area contributed by atoms with Crippen molar-refractivity contribution in [3.8, 4) is 0 Å². The van der Waals surface area contributed by atoms with Crippen molar-refractivity contribution >= 4 is 21.9 Å². The third kappa shape index (κ3) is 2.96. The van der Waals surface area contributed by atoms with Crippen molar-refractivity contribution in [2.45, 2.75) is 44.0 Å². The second-order valence-electron chi connectivity index (χ2n) is 6.10. The van der Waals surface area contributed by atoms with Crippen LogP contribution in [-0.2, 0) is 14.8 Å². The van der Waals surface area contributed by atoms with Crippen LogP contribution in [0.4, 0.5) is 0 Å². The maximum absolute atomic E-state index is 12.7. The first kappa shape index (κ1) is 17.4. The zero-order valence-electron chi connectivity index (χ0n) is 13.3. The van der Waals surface area contributed by atoms with Crippen molar-refractivity contribution in [2.24, 2.45) is 5.14 Å². The van der Waals surface area contributed by atoms with Gasteiger partial charge in [0.25, 0.3) is 5.91 Å². The molecule has 0 bridgehead atoms. The first-order valence-corrected chi connectivity index (χ1v) is 8.72. The monoisotopic (exact) mass is 340 g/mol. The van der Waals surface area contributed by atoms with Gasteiger partial charge in [-0.3, -0.25) is 4.79 Å². The van der Waals surface area contributed by atoms with E-state index in [9.17, 15) is 23.1 Å². The number of rotatable bonds is 3. The van der Waals surface area contributed by atoms with Gasteiger partial charge in [0.1, 0.15) is 5.54 Å². The lowest BCUT2D eigenvalue weighted by atomic mass is 9.98. The maximum atomic E-state index is 12.7. The van der Waals surface area contributed by atoms with Gasteiger partial charge in [-0.25, -0.2) is 18.4 Å². The van der Waals surface area contributed by atoms with E-state index in [-0.39, 0.29) is 10.5 Å². The highest BCUT2D eigenvalue weighted by atomic mass is 32.2. The highest BCUT2D eigenvalue weighted by molar-refractivity contribution is 7.89. The third-order valence-electron chi connectivity index (χ3n) is 4.52. The maximum Gasteiger partial charge on any atom is 0.329 e. The standard InChI is InChI=1S/C15H20N2O5S/c1-9-7-11(8-12(10(9)2)23(16,21)22)13(18)17-6-4-5-15(17,3)14(19)20/h7-8H,4-6H2,1-3H3,(H,19,20)(H2,16,21,22). The topological polar surface area (TPSA) is 118 Å². The summed E-state index contributed by atoms with van der Waals surface area (Å²) in [4.78, 5) is 25.4. The summed E-state index contributed by atoms with van der Waals surface area (Å²) >= 11 is 0. The third-order valence-corrected chi connectivity index (χ3v) is 5.56. The number of amides is 1. The number of aliphatic carboxylic acids is 1. The molecule has 1 aromatic rings. The van der Waals surface area contributed by atoms with Crippen LogP contribution < -0.4 is 5.14 Å². The molecule has 1 saturated heterocycles. The molecule has 1 atom stereocenters. The molecule has 0 aromatic heterocycles. The van der Waals surface area contributed by atoms with Gasteiger partial charge in [-0.15, -0.1) is 0 Å². The Morgan fingerprint density at radius 3 is 2.43 bits per heavy atom. The van der Waals surface area contributed by atoms with Gasteiger partial charge >= 0.3 is 5.97 Å². The number of nitrogens with zero attached hydrogens (tertiary/aromatic N) is 1. The van der Waals surface area contributed by atoms with Crippen molar-refractivity contribution in [1.82, 2.24) is 4.90 Å². The number of sulfonamides is 1. The summed E-state index contributed by atoms with van der Waals surface area (Å²) in [5, 5.41) is 14.6. The van der Waals surface area contributed by atoms with Crippen molar-refractivity contribution in [2.75, 3.05) is 6.54 Å². The number of hydrogen-bond acceptors (Lipinski definition) is 4. The number of hydrogen-bond donors (Lipinski definition) is 2. The molecule has 1 heterocycles. The van der Waals surface area contributed by atoms with Gasteiger partial charge in [-0.05, 0) is 56.9 Å². The molecule has 1 aromatic carbocycles. The number of carboxylic acid groups (broad SMARTS) is 1. The number of benzene rings is 1. The summed E-state index contributed by atoms with van der Waals surface area (Å²) in [7, 11) is -3.97. The normalized spacial score (nSPS) is 21.5. The summed E-state index contributed by atoms with van der Waals surface area (Å²) < 4.78 is 23.4. The first-order chi connectivity index (χ1) is 10.5. The van der Waals surface area contributed by atoms with Crippen LogP contribution in [0.25, 0.3) is 0 Å². The van der Waals surface area contributed by atoms with Crippen LogP contribution >= 0.6 is 0 Å². The summed E-state index contributed by atoms with van der Waals surface area (Å²) in [5.41, 5.74) is -0.0634. The van der Waals surface area contributed by atoms with E-state index in [4.69, 9.17) is 5.14 Å². The lowest BCUT2D eigenvalue weighted by molar-refractivity contribution is -0.147. The lowest BCUT2D eigenvalue weighted by Crippen LogP contribution is -2.50. The minimum Gasteiger partial charge on any atom is -0.480 e. The van der Waals surface area contributed by atoms with Crippen LogP contribution in [0.1, 0.15) is 41.3 Å². The number of carbonyl (C=O) groups is 2. The van der Waals surface area contributed by atoms with Gasteiger partial charge in [0.05, 0.1) is 4.90 Å². The van der Waals surface area contributed by atoms with Gasteiger partial charge < -0.3 is 10.0 Å². The van der Waals surface area contributed by atoms with E-state index in [1.807, 2.05) is 0 Å². The zero-order valence-corrected chi connectivity index (χ0v) is 14.1. The Hall–Kier alpha value is -1.93. The fourth-order valence-corrected chi connectivity index (χ4v) is 3.79. The molecule has 0 aliphatic carbocycles. The Balaban J connectivity index is 2.53. The minimum absolute atomic E-state index is 0.114. The van der Waals surface area contributed by atoms with E-state index in [0.717, 1.165) is 0 Å². The second-order valence-corrected chi connectivity index (χ2v) is 7.63. The van der Waals surface area contributed by atoms with Gasteiger partial charge in [0.15, 0.2) is 0 Å². The van der Waals surface area contributed by atoms with Crippen LogP contribution in [0.15, 0.2) is 17.0 Å². The van der Waals surface area contributed by atoms with Crippen molar-refractivity contribution < 1.29 is 23.1 Å². The van der Waals surface area contributed by atoms with E-state index >= 15 is 0 Å². The van der Waals surface area contributed by atoms with E-state index in [2.05, 4.69) is 0 Å². The highest BCUT2D eigenvalue weighted by Crippen LogP contribution is 2.31. The molecule has 0 spiro atoms. The Morgan fingerprint density at radius 2 is 1.91 bits per heavy atom. The molecule has 0 saturated carbocycles. The van der Waals surface area contributed by atoms with Crippen molar-refractivity contribution in [3.63, 3.8) is 0 Å². The molecule has 7 nitrogen and oxygen atoms in total. The van der Waals surface area contributed by atoms with Gasteiger partial charge in [0.2, 0.25) is 10.0 Å². The molecule has 126 valence electrons. The molecule has 1 amide bonds. The molecule has 2 rings (SSSR count). The average Bonchev–Trinajstić information content (AvgIpc) is 2.83. The van der Waals surface area contributed by atoms with E-state index in [1.54, 1.807) is 19.9 Å². The summed E-state index contributed by atoms with van der Waals surface area (Å²) in [5.74, 6) is -1.57. The smallest absolute Gasteiger partial charge is 0.329 e. The molecule has 1 aliphatic rings. The number of nitrogens with two attached hydrogens (primary N) is 1. The fourth-order valence-electron chi connectivity index (χ4n) is 2.91. The van der Waals surface area contributed by atoms with E-state index in [1.165, 1.54) is 17.9 Å². The van der Waals surface area contributed by atoms with Crippen LogP contribution in [0, 0.1) is 13.8 Å². The summed E-state index contributed by atoms with van der Waals surface area (Å²) in [6.45, 7) is 5.11. The number of likely N-dealkylation sites (tertiary alicyclic amines) is 1. The summed E-state index contributed by atoms with van der Waals surface area (Å²) in [6.07, 6.45) is 0.947. The van der Waals surface area contributed by atoms with Crippen LogP contribution in [0.5, 0.6) is 0 Å². The minimum atomic E-state index is -3.97. The Morgan fingerprint density at radius 1 is 1.30 bits per heavy atom. The summed E-state index contributed by atoms with van der Waals surface area (Å²) in [6, 6.07) is 2.79. The predicted molar refractivity (Wildman–Crippen MR) is 83.6 cm³/mol. The Kier molecular flexibility index (Phi) is 4.25. The zero-order chi connectivity index (χ0) is 17.6. The van der Waals surface area contributed by atoms with Gasteiger partial charge in [-0.2, -0.15) is 0 Å². The van der Waals surface area contributed by atoms with E-state index < -0.39 is 27.4 Å². The quantitative estimate of drug-likeness (QED) is 0.852. The predicted octanol–water partition coefficient (Wildman–Crippen LogP) is 1.03. The number of carbonyl (C=O) groups excluding carboxylic acids is 1. The Labute approximate surface area is 135 Å². The molecule has 1 aliphatic heterocycles. The van der Waals surface area contributed by atoms with Crippen molar-refractivity contribution in [1.29, 1.82) is 0 Å². The van der Waals surface area contributed by atoms with Crippen LogP contribution in [0.2, 0.25) is 0 Å². The van der Waals surface area contributed by atoms with E-state index in [0.29, 0.717) is 30.5 Å². The number of primary sulfonamides is 1. The van der Waals surface area contributed by atoms with Crippen LogP contribution in [-0.4, -0.2) is 42.4 Å². The van der Waals surface area contributed by atoms with Gasteiger partial charge in [-0.1, -0.05) is 0 Å². The Bertz CT molecular complexity index is 787. The first-order valence-electron chi connectivity index (χ1n) is 7.18. The highest BCUT2D eigenvalue weighted by Gasteiger charge is 2.46. The molecular formula is C15H20N2O5S. The average molecular weight is 340 g/mol. The lowest BCUT2D eigenvalue weighted by Gasteiger charge is -2.31. The molecule has 8 heteroatoms. The largest absolute Gasteiger partial charge is 0.480 e. The van der Waals surface area contributed by atoms with Gasteiger partial charge in [0, 0.05) is 12.1 Å². The molecular weight excluding hydrogens is 320 g/mol. The second kappa shape index (κ2) is 5.61. The molecule has 1 fully saturated rings. The SMILES string of the molecule is Cc1cc(C(=O)N2CCCC2(C)C(=O)O)cc(S(N)(=O)=O)c1C. The molecule has 3 N–H and O–H groups in total. The molecule has 0 radical (unpaired) electrons. The molecule has 23 heavy (non-hydrogen) atoms.